The van der Waals surface area contributed by atoms with Crippen molar-refractivity contribution >= 4 is 11.2 Å². The van der Waals surface area contributed by atoms with Crippen LogP contribution in [-0.4, -0.2) is 14.6 Å². The summed E-state index contributed by atoms with van der Waals surface area (Å²) in [5.41, 5.74) is 5.56. The van der Waals surface area contributed by atoms with Crippen molar-refractivity contribution in [3.05, 3.63) is 73.0 Å². The van der Waals surface area contributed by atoms with Gasteiger partial charge in [-0.1, -0.05) is 18.2 Å². The molecule has 3 aromatic rings. The summed E-state index contributed by atoms with van der Waals surface area (Å²) in [6.45, 7) is 0. The van der Waals surface area contributed by atoms with Gasteiger partial charge in [-0.3, -0.25) is 9.61 Å². The summed E-state index contributed by atoms with van der Waals surface area (Å²) >= 11 is 0. The second kappa shape index (κ2) is 5.15. The van der Waals surface area contributed by atoms with Gasteiger partial charge < -0.3 is 0 Å². The van der Waals surface area contributed by atoms with Crippen LogP contribution in [0.2, 0.25) is 0 Å². The zero-order valence-electron chi connectivity index (χ0n) is 12.1. The lowest BCUT2D eigenvalue weighted by Gasteiger charge is -2.09. The molecule has 0 spiro atoms. The molecule has 1 aliphatic rings. The van der Waals surface area contributed by atoms with Gasteiger partial charge in [-0.05, 0) is 41.7 Å². The van der Waals surface area contributed by atoms with Gasteiger partial charge in [-0.25, -0.2) is 4.98 Å². The molecule has 3 heterocycles. The maximum absolute atomic E-state index is 9.31. The van der Waals surface area contributed by atoms with E-state index in [1.54, 1.807) is 12.4 Å². The molecule has 0 radical (unpaired) electrons. The minimum Gasteiger partial charge on any atom is -0.300 e. The first-order chi connectivity index (χ1) is 10.8. The number of hydrogen-bond acceptors (Lipinski definition) is 2. The molecule has 0 saturated heterocycles. The molecule has 1 aliphatic carbocycles. The van der Waals surface area contributed by atoms with E-state index in [2.05, 4.69) is 45.9 Å². The van der Waals surface area contributed by atoms with E-state index in [0.717, 1.165) is 40.0 Å². The first-order valence-electron chi connectivity index (χ1n) is 7.35. The highest BCUT2D eigenvalue weighted by Crippen LogP contribution is 2.26. The summed E-state index contributed by atoms with van der Waals surface area (Å²) in [4.78, 5) is 4.54. The maximum atomic E-state index is 9.31. The minimum atomic E-state index is 0.934. The van der Waals surface area contributed by atoms with E-state index in [9.17, 15) is 5.21 Å². The fourth-order valence-electron chi connectivity index (χ4n) is 2.82. The Labute approximate surface area is 128 Å². The van der Waals surface area contributed by atoms with E-state index in [-0.39, 0.29) is 0 Å². The van der Waals surface area contributed by atoms with Crippen molar-refractivity contribution in [1.29, 1.82) is 0 Å². The van der Waals surface area contributed by atoms with E-state index in [1.165, 1.54) is 5.57 Å². The molecule has 0 unspecified atom stereocenters. The summed E-state index contributed by atoms with van der Waals surface area (Å²) in [6, 6.07) is 7.91. The van der Waals surface area contributed by atoms with E-state index >= 15 is 0 Å². The molecule has 22 heavy (non-hydrogen) atoms. The highest BCUT2D eigenvalue weighted by molar-refractivity contribution is 5.71. The molecule has 3 aromatic heterocycles. The van der Waals surface area contributed by atoms with Crippen molar-refractivity contribution in [2.45, 2.75) is 12.8 Å². The van der Waals surface area contributed by atoms with E-state index < -0.39 is 0 Å². The molecule has 0 bridgehead atoms. The number of rotatable bonds is 2. The van der Waals surface area contributed by atoms with Crippen LogP contribution < -0.4 is 4.73 Å². The molecule has 0 fully saturated rings. The maximum Gasteiger partial charge on any atom is 0.222 e. The normalized spacial score (nSPS) is 14.3. The van der Waals surface area contributed by atoms with Gasteiger partial charge in [0.2, 0.25) is 12.4 Å². The third-order valence-corrected chi connectivity index (χ3v) is 4.00. The van der Waals surface area contributed by atoms with Crippen LogP contribution in [0, 0.1) is 0 Å². The number of hydrogen-bond donors (Lipinski definition) is 1. The van der Waals surface area contributed by atoms with Crippen LogP contribution in [0.25, 0.3) is 22.3 Å². The third kappa shape index (κ3) is 2.19. The zero-order valence-corrected chi connectivity index (χ0v) is 12.1. The molecule has 4 nitrogen and oxygen atoms in total. The van der Waals surface area contributed by atoms with Crippen LogP contribution in [0.4, 0.5) is 0 Å². The smallest absolute Gasteiger partial charge is 0.222 e. The first kappa shape index (κ1) is 12.8. The fraction of sp³-hybridized carbons (Fsp3) is 0.111. The predicted octanol–water partition coefficient (Wildman–Crippen LogP) is 3.26. The largest absolute Gasteiger partial charge is 0.300 e. The Hall–Kier alpha value is -2.88. The molecule has 4 rings (SSSR count). The number of pyridine rings is 2. The summed E-state index contributed by atoms with van der Waals surface area (Å²) in [7, 11) is 0. The Balaban J connectivity index is 1.78. The highest BCUT2D eigenvalue weighted by Gasteiger charge is 2.10. The first-order valence-corrected chi connectivity index (χ1v) is 7.35. The lowest BCUT2D eigenvalue weighted by atomic mass is 10.0. The van der Waals surface area contributed by atoms with E-state index in [1.807, 2.05) is 18.3 Å². The minimum absolute atomic E-state index is 0.934. The molecule has 0 saturated carbocycles. The number of imidazole rings is 1. The summed E-state index contributed by atoms with van der Waals surface area (Å²) in [5, 5.41) is 9.31. The highest BCUT2D eigenvalue weighted by atomic mass is 16.5. The van der Waals surface area contributed by atoms with Gasteiger partial charge in [0.15, 0.2) is 0 Å². The lowest BCUT2D eigenvalue weighted by molar-refractivity contribution is -0.904. The van der Waals surface area contributed by atoms with Crippen LogP contribution in [0.15, 0.2) is 67.3 Å². The zero-order chi connectivity index (χ0) is 14.9. The number of allylic oxidation sites excluding steroid dienone is 4. The average molecular weight is 290 g/mol. The Morgan fingerprint density at radius 3 is 2.77 bits per heavy atom. The van der Waals surface area contributed by atoms with Gasteiger partial charge in [-0.2, -0.15) is 0 Å². The van der Waals surface area contributed by atoms with Crippen molar-refractivity contribution in [2.75, 3.05) is 0 Å². The van der Waals surface area contributed by atoms with Crippen molar-refractivity contribution in [2.24, 2.45) is 0 Å². The molecule has 1 N–H and O–H groups in total. The SMILES string of the molecule is O[n+]1ccc(-c2ccn3c(C4=CC=CCC4)cnc3c2)cc1. The van der Waals surface area contributed by atoms with Gasteiger partial charge in [0.05, 0.1) is 11.9 Å². The topological polar surface area (TPSA) is 41.4 Å². The number of fused-ring (bicyclic) bond motifs is 1. The Morgan fingerprint density at radius 2 is 2.00 bits per heavy atom. The van der Waals surface area contributed by atoms with E-state index in [0.29, 0.717) is 0 Å². The van der Waals surface area contributed by atoms with Gasteiger partial charge in [0.1, 0.15) is 5.65 Å². The van der Waals surface area contributed by atoms with Crippen molar-refractivity contribution in [1.82, 2.24) is 9.38 Å². The van der Waals surface area contributed by atoms with Crippen LogP contribution in [0.1, 0.15) is 18.5 Å². The molecular weight excluding hydrogens is 274 g/mol. The molecule has 0 aliphatic heterocycles. The Kier molecular flexibility index (Phi) is 3.00. The summed E-state index contributed by atoms with van der Waals surface area (Å²) < 4.78 is 3.17. The molecule has 0 amide bonds. The van der Waals surface area contributed by atoms with E-state index in [4.69, 9.17) is 0 Å². The summed E-state index contributed by atoms with van der Waals surface area (Å²) in [6.07, 6.45) is 15.9. The van der Waals surface area contributed by atoms with Crippen LogP contribution in [-0.2, 0) is 0 Å². The standard InChI is InChI=1S/C18H16N3O/c22-20-9-6-14(7-10-20)16-8-11-21-17(13-19-18(21)12-16)15-4-2-1-3-5-15/h1-2,4,6-13,22H,3,5H2/q+1. The molecule has 0 aromatic carbocycles. The van der Waals surface area contributed by atoms with Crippen molar-refractivity contribution < 1.29 is 9.94 Å². The van der Waals surface area contributed by atoms with Crippen LogP contribution in [0.5, 0.6) is 0 Å². The number of nitrogens with zero attached hydrogens (tertiary/aromatic N) is 3. The third-order valence-electron chi connectivity index (χ3n) is 4.00. The van der Waals surface area contributed by atoms with Crippen LogP contribution in [0.3, 0.4) is 0 Å². The quantitative estimate of drug-likeness (QED) is 0.581. The Morgan fingerprint density at radius 1 is 1.14 bits per heavy atom. The fourth-order valence-corrected chi connectivity index (χ4v) is 2.82. The molecular formula is C18H16N3O+. The van der Waals surface area contributed by atoms with Gasteiger partial charge in [0, 0.05) is 23.1 Å². The second-order valence-electron chi connectivity index (χ2n) is 5.41. The van der Waals surface area contributed by atoms with Gasteiger partial charge in [-0.15, -0.1) is 0 Å². The van der Waals surface area contributed by atoms with Gasteiger partial charge in [0.25, 0.3) is 0 Å². The van der Waals surface area contributed by atoms with Crippen molar-refractivity contribution in [3.8, 4) is 11.1 Å². The monoisotopic (exact) mass is 290 g/mol. The van der Waals surface area contributed by atoms with Crippen molar-refractivity contribution in [3.63, 3.8) is 0 Å². The van der Waals surface area contributed by atoms with Crippen LogP contribution >= 0.6 is 0 Å². The lowest BCUT2D eigenvalue weighted by Crippen LogP contribution is -2.27. The predicted molar refractivity (Wildman–Crippen MR) is 84.4 cm³/mol. The summed E-state index contributed by atoms with van der Waals surface area (Å²) in [5.74, 6) is 0. The second-order valence-corrected chi connectivity index (χ2v) is 5.41. The van der Waals surface area contributed by atoms with Gasteiger partial charge >= 0.3 is 0 Å². The molecule has 4 heteroatoms. The molecule has 108 valence electrons. The Bertz CT molecular complexity index is 888. The molecule has 0 atom stereocenters. The average Bonchev–Trinajstić information content (AvgIpc) is 2.99. The number of aromatic nitrogens is 3.